The molecule has 156 valence electrons. The van der Waals surface area contributed by atoms with Crippen LogP contribution in [0, 0.1) is 0 Å². The van der Waals surface area contributed by atoms with E-state index in [1.54, 1.807) is 6.20 Å². The third-order valence-corrected chi connectivity index (χ3v) is 6.04. The Morgan fingerprint density at radius 1 is 1.13 bits per heavy atom. The quantitative estimate of drug-likeness (QED) is 0.552. The standard InChI is InChI=1S/C23H25N3O3S/c1-3-17-6-5-7-18(4-2)22(17)26-11-10-24-23(26)30-14-21(27)25-13-16-8-9-19-20(12-16)29-15-28-19/h5-12H,3-4,13-15H2,1-2H3,(H,25,27). The highest BCUT2D eigenvalue weighted by atomic mass is 32.2. The van der Waals surface area contributed by atoms with E-state index in [-0.39, 0.29) is 12.7 Å². The molecule has 0 fully saturated rings. The highest BCUT2D eigenvalue weighted by molar-refractivity contribution is 7.99. The first kappa shape index (κ1) is 20.3. The van der Waals surface area contributed by atoms with Crippen molar-refractivity contribution in [1.29, 1.82) is 0 Å². The molecule has 0 spiro atoms. The molecule has 1 aliphatic heterocycles. The predicted molar refractivity (Wildman–Crippen MR) is 117 cm³/mol. The first-order valence-corrected chi connectivity index (χ1v) is 11.1. The molecule has 1 aromatic heterocycles. The molecule has 0 saturated carbocycles. The number of thioether (sulfide) groups is 1. The summed E-state index contributed by atoms with van der Waals surface area (Å²) >= 11 is 1.45. The van der Waals surface area contributed by atoms with Gasteiger partial charge in [0.2, 0.25) is 12.7 Å². The van der Waals surface area contributed by atoms with Crippen molar-refractivity contribution in [2.75, 3.05) is 12.5 Å². The molecule has 0 bridgehead atoms. The minimum absolute atomic E-state index is 0.0355. The van der Waals surface area contributed by atoms with Crippen molar-refractivity contribution in [2.24, 2.45) is 0 Å². The molecule has 6 nitrogen and oxygen atoms in total. The first-order valence-electron chi connectivity index (χ1n) is 10.1. The molecule has 30 heavy (non-hydrogen) atoms. The van der Waals surface area contributed by atoms with Gasteiger partial charge in [-0.15, -0.1) is 0 Å². The Balaban J connectivity index is 1.40. The fourth-order valence-electron chi connectivity index (χ4n) is 3.52. The largest absolute Gasteiger partial charge is 0.454 e. The minimum Gasteiger partial charge on any atom is -0.454 e. The molecule has 2 aromatic carbocycles. The van der Waals surface area contributed by atoms with Gasteiger partial charge in [-0.05, 0) is 41.7 Å². The number of nitrogens with one attached hydrogen (secondary N) is 1. The van der Waals surface area contributed by atoms with Crippen LogP contribution in [0.15, 0.2) is 53.9 Å². The Labute approximate surface area is 180 Å². The molecule has 1 amide bonds. The van der Waals surface area contributed by atoms with Crippen LogP contribution < -0.4 is 14.8 Å². The van der Waals surface area contributed by atoms with E-state index in [9.17, 15) is 4.79 Å². The summed E-state index contributed by atoms with van der Waals surface area (Å²) in [6.07, 6.45) is 5.65. The van der Waals surface area contributed by atoms with Crippen molar-refractivity contribution >= 4 is 17.7 Å². The second-order valence-electron chi connectivity index (χ2n) is 6.96. The van der Waals surface area contributed by atoms with Gasteiger partial charge in [-0.3, -0.25) is 9.36 Å². The summed E-state index contributed by atoms with van der Waals surface area (Å²) in [6, 6.07) is 12.1. The molecule has 0 radical (unpaired) electrons. The number of carbonyl (C=O) groups excluding carboxylic acids is 1. The summed E-state index contributed by atoms with van der Waals surface area (Å²) in [5, 5.41) is 3.79. The van der Waals surface area contributed by atoms with Gasteiger partial charge >= 0.3 is 0 Å². The molecule has 0 atom stereocenters. The normalized spacial score (nSPS) is 12.2. The second-order valence-corrected chi connectivity index (χ2v) is 7.91. The topological polar surface area (TPSA) is 65.4 Å². The molecule has 1 N–H and O–H groups in total. The van der Waals surface area contributed by atoms with Crippen LogP contribution in [0.4, 0.5) is 0 Å². The number of fused-ring (bicyclic) bond motifs is 1. The van der Waals surface area contributed by atoms with E-state index in [4.69, 9.17) is 9.47 Å². The number of rotatable bonds is 8. The van der Waals surface area contributed by atoms with Crippen LogP contribution in [-0.2, 0) is 24.2 Å². The number of amides is 1. The number of ether oxygens (including phenoxy) is 2. The van der Waals surface area contributed by atoms with Gasteiger partial charge in [-0.1, -0.05) is 49.9 Å². The molecule has 0 unspecified atom stereocenters. The number of nitrogens with zero attached hydrogens (tertiary/aromatic N) is 2. The Morgan fingerprint density at radius 2 is 1.90 bits per heavy atom. The van der Waals surface area contributed by atoms with Crippen molar-refractivity contribution in [3.8, 4) is 17.2 Å². The van der Waals surface area contributed by atoms with E-state index in [0.717, 1.165) is 35.1 Å². The fourth-order valence-corrected chi connectivity index (χ4v) is 4.31. The van der Waals surface area contributed by atoms with Crippen molar-refractivity contribution in [3.05, 3.63) is 65.5 Å². The average molecular weight is 424 g/mol. The number of imidazole rings is 1. The lowest BCUT2D eigenvalue weighted by Gasteiger charge is -2.16. The molecule has 0 saturated heterocycles. The number of aryl methyl sites for hydroxylation is 2. The second kappa shape index (κ2) is 9.26. The van der Waals surface area contributed by atoms with Crippen LogP contribution >= 0.6 is 11.8 Å². The third kappa shape index (κ3) is 4.31. The van der Waals surface area contributed by atoms with Crippen LogP contribution in [0.1, 0.15) is 30.5 Å². The number of aromatic nitrogens is 2. The van der Waals surface area contributed by atoms with Gasteiger partial charge in [0.15, 0.2) is 16.7 Å². The van der Waals surface area contributed by atoms with Gasteiger partial charge in [0.1, 0.15) is 0 Å². The molecular weight excluding hydrogens is 398 g/mol. The van der Waals surface area contributed by atoms with Crippen LogP contribution in [-0.4, -0.2) is 28.0 Å². The molecular formula is C23H25N3O3S. The van der Waals surface area contributed by atoms with Crippen molar-refractivity contribution < 1.29 is 14.3 Å². The molecule has 7 heteroatoms. The number of hydrogen-bond donors (Lipinski definition) is 1. The first-order chi connectivity index (χ1) is 14.7. The van der Waals surface area contributed by atoms with Crippen LogP contribution in [0.5, 0.6) is 11.5 Å². The maximum atomic E-state index is 12.4. The highest BCUT2D eigenvalue weighted by Gasteiger charge is 2.15. The smallest absolute Gasteiger partial charge is 0.231 e. The summed E-state index contributed by atoms with van der Waals surface area (Å²) in [5.41, 5.74) is 4.72. The number of benzene rings is 2. The Kier molecular flexibility index (Phi) is 6.28. The summed E-state index contributed by atoms with van der Waals surface area (Å²) in [7, 11) is 0. The molecule has 2 heterocycles. The average Bonchev–Trinajstić information content (AvgIpc) is 3.44. The molecule has 0 aliphatic carbocycles. The van der Waals surface area contributed by atoms with Gasteiger partial charge in [0.25, 0.3) is 0 Å². The minimum atomic E-state index is -0.0355. The predicted octanol–water partition coefficient (Wildman–Crippen LogP) is 4.13. The van der Waals surface area contributed by atoms with Crippen molar-refractivity contribution in [1.82, 2.24) is 14.9 Å². The van der Waals surface area contributed by atoms with Crippen LogP contribution in [0.3, 0.4) is 0 Å². The Morgan fingerprint density at radius 3 is 2.67 bits per heavy atom. The van der Waals surface area contributed by atoms with E-state index in [0.29, 0.717) is 12.3 Å². The van der Waals surface area contributed by atoms with Crippen molar-refractivity contribution in [3.63, 3.8) is 0 Å². The zero-order valence-corrected chi connectivity index (χ0v) is 18.0. The molecule has 1 aliphatic rings. The number of para-hydroxylation sites is 1. The van der Waals surface area contributed by atoms with E-state index in [2.05, 4.69) is 46.9 Å². The number of hydrogen-bond acceptors (Lipinski definition) is 5. The van der Waals surface area contributed by atoms with Gasteiger partial charge in [0.05, 0.1) is 11.4 Å². The zero-order valence-electron chi connectivity index (χ0n) is 17.2. The van der Waals surface area contributed by atoms with Gasteiger partial charge in [-0.2, -0.15) is 0 Å². The zero-order chi connectivity index (χ0) is 20.9. The maximum absolute atomic E-state index is 12.4. The third-order valence-electron chi connectivity index (χ3n) is 5.07. The van der Waals surface area contributed by atoms with E-state index in [1.807, 2.05) is 24.4 Å². The summed E-state index contributed by atoms with van der Waals surface area (Å²) in [4.78, 5) is 16.9. The molecule has 3 aromatic rings. The van der Waals surface area contributed by atoms with E-state index < -0.39 is 0 Å². The fraction of sp³-hybridized carbons (Fsp3) is 0.304. The molecule has 4 rings (SSSR count). The highest BCUT2D eigenvalue weighted by Crippen LogP contribution is 2.32. The van der Waals surface area contributed by atoms with Crippen LogP contribution in [0.25, 0.3) is 5.69 Å². The van der Waals surface area contributed by atoms with Gasteiger partial charge in [0, 0.05) is 18.9 Å². The van der Waals surface area contributed by atoms with Gasteiger partial charge < -0.3 is 14.8 Å². The summed E-state index contributed by atoms with van der Waals surface area (Å²) in [5.74, 6) is 1.73. The maximum Gasteiger partial charge on any atom is 0.231 e. The number of carbonyl (C=O) groups is 1. The lowest BCUT2D eigenvalue weighted by atomic mass is 10.0. The van der Waals surface area contributed by atoms with E-state index >= 15 is 0 Å². The monoisotopic (exact) mass is 423 g/mol. The van der Waals surface area contributed by atoms with Crippen LogP contribution in [0.2, 0.25) is 0 Å². The summed E-state index contributed by atoms with van der Waals surface area (Å²) in [6.45, 7) is 5.01. The lowest BCUT2D eigenvalue weighted by molar-refractivity contribution is -0.118. The lowest BCUT2D eigenvalue weighted by Crippen LogP contribution is -2.24. The van der Waals surface area contributed by atoms with E-state index in [1.165, 1.54) is 28.6 Å². The Bertz CT molecular complexity index is 1030. The summed E-state index contributed by atoms with van der Waals surface area (Å²) < 4.78 is 12.8. The van der Waals surface area contributed by atoms with Crippen molar-refractivity contribution in [2.45, 2.75) is 38.4 Å². The Hall–Kier alpha value is -2.93. The van der Waals surface area contributed by atoms with Gasteiger partial charge in [-0.25, -0.2) is 4.98 Å². The SMILES string of the molecule is CCc1cccc(CC)c1-n1ccnc1SCC(=O)NCc1ccc2c(c1)OCO2.